The summed E-state index contributed by atoms with van der Waals surface area (Å²) in [5.41, 5.74) is 7.29. The Balaban J connectivity index is 1.54. The first-order valence-corrected chi connectivity index (χ1v) is 9.15. The van der Waals surface area contributed by atoms with Gasteiger partial charge in [0.2, 0.25) is 11.9 Å². The summed E-state index contributed by atoms with van der Waals surface area (Å²) in [5, 5.41) is 6.25. The normalized spacial score (nSPS) is 12.6. The lowest BCUT2D eigenvalue weighted by molar-refractivity contribution is -0.115. The summed E-state index contributed by atoms with van der Waals surface area (Å²) in [7, 11) is 0. The van der Waals surface area contributed by atoms with Crippen LogP contribution in [0.1, 0.15) is 22.3 Å². The van der Waals surface area contributed by atoms with Gasteiger partial charge in [0.1, 0.15) is 0 Å². The summed E-state index contributed by atoms with van der Waals surface area (Å²) in [4.78, 5) is 21.2. The molecule has 0 spiro atoms. The average Bonchev–Trinajstić information content (AvgIpc) is 2.80. The Morgan fingerprint density at radius 3 is 2.81 bits per heavy atom. The molecule has 0 unspecified atom stereocenters. The second kappa shape index (κ2) is 7.19. The van der Waals surface area contributed by atoms with E-state index in [4.69, 9.17) is 4.98 Å². The monoisotopic (exact) mass is 358 g/mol. The molecule has 0 fully saturated rings. The Labute approximate surface area is 158 Å². The number of rotatable bonds is 4. The molecule has 5 heteroatoms. The SMILES string of the molecule is Cc1ccc(CCNc2ncc3c(n2)-c2ccccc2NC(=O)C3)cc1C. The molecule has 1 aliphatic rings. The second-order valence-electron chi connectivity index (χ2n) is 6.93. The van der Waals surface area contributed by atoms with E-state index in [9.17, 15) is 4.79 Å². The van der Waals surface area contributed by atoms with E-state index in [0.717, 1.165) is 35.5 Å². The summed E-state index contributed by atoms with van der Waals surface area (Å²) < 4.78 is 0. The zero-order valence-electron chi connectivity index (χ0n) is 15.5. The van der Waals surface area contributed by atoms with Crippen LogP contribution in [0.15, 0.2) is 48.7 Å². The smallest absolute Gasteiger partial charge is 0.228 e. The molecule has 0 saturated carbocycles. The van der Waals surface area contributed by atoms with E-state index < -0.39 is 0 Å². The van der Waals surface area contributed by atoms with Crippen LogP contribution >= 0.6 is 0 Å². The van der Waals surface area contributed by atoms with Crippen LogP contribution in [0.4, 0.5) is 11.6 Å². The van der Waals surface area contributed by atoms with Crippen molar-refractivity contribution >= 4 is 17.5 Å². The van der Waals surface area contributed by atoms with Crippen LogP contribution < -0.4 is 10.6 Å². The molecular weight excluding hydrogens is 336 g/mol. The lowest BCUT2D eigenvalue weighted by Gasteiger charge is -2.11. The van der Waals surface area contributed by atoms with Crippen molar-refractivity contribution < 1.29 is 4.79 Å². The molecule has 0 bridgehead atoms. The largest absolute Gasteiger partial charge is 0.354 e. The van der Waals surface area contributed by atoms with Gasteiger partial charge in [-0.05, 0) is 43.0 Å². The van der Waals surface area contributed by atoms with Gasteiger partial charge in [-0.25, -0.2) is 9.97 Å². The number of aromatic nitrogens is 2. The first-order valence-electron chi connectivity index (χ1n) is 9.15. The number of carbonyl (C=O) groups excluding carboxylic acids is 1. The van der Waals surface area contributed by atoms with Gasteiger partial charge in [-0.3, -0.25) is 4.79 Å². The number of aryl methyl sites for hydroxylation is 2. The number of amides is 1. The fourth-order valence-corrected chi connectivity index (χ4v) is 3.30. The number of anilines is 2. The molecule has 27 heavy (non-hydrogen) atoms. The maximum absolute atomic E-state index is 12.1. The number of hydrogen-bond acceptors (Lipinski definition) is 4. The van der Waals surface area contributed by atoms with Gasteiger partial charge in [0.15, 0.2) is 0 Å². The molecule has 0 saturated heterocycles. The first-order chi connectivity index (χ1) is 13.1. The second-order valence-corrected chi connectivity index (χ2v) is 6.93. The van der Waals surface area contributed by atoms with Crippen molar-refractivity contribution in [3.05, 3.63) is 70.9 Å². The number of nitrogens with one attached hydrogen (secondary N) is 2. The molecule has 3 aromatic rings. The maximum atomic E-state index is 12.1. The quantitative estimate of drug-likeness (QED) is 0.742. The summed E-state index contributed by atoms with van der Waals surface area (Å²) in [6, 6.07) is 14.3. The van der Waals surface area contributed by atoms with E-state index in [0.29, 0.717) is 5.95 Å². The Kier molecular flexibility index (Phi) is 4.59. The van der Waals surface area contributed by atoms with Crippen molar-refractivity contribution in [2.24, 2.45) is 0 Å². The molecule has 2 aromatic carbocycles. The highest BCUT2D eigenvalue weighted by atomic mass is 16.1. The summed E-state index contributed by atoms with van der Waals surface area (Å²) in [6.45, 7) is 5.01. The molecule has 2 heterocycles. The molecule has 2 N–H and O–H groups in total. The highest BCUT2D eigenvalue weighted by molar-refractivity contribution is 5.99. The van der Waals surface area contributed by atoms with Gasteiger partial charge in [-0.2, -0.15) is 0 Å². The van der Waals surface area contributed by atoms with E-state index in [-0.39, 0.29) is 12.3 Å². The highest BCUT2D eigenvalue weighted by Gasteiger charge is 2.20. The van der Waals surface area contributed by atoms with Crippen molar-refractivity contribution in [2.75, 3.05) is 17.2 Å². The number of fused-ring (bicyclic) bond motifs is 3. The van der Waals surface area contributed by atoms with Crippen LogP contribution in [0.2, 0.25) is 0 Å². The van der Waals surface area contributed by atoms with Crippen molar-refractivity contribution in [3.63, 3.8) is 0 Å². The van der Waals surface area contributed by atoms with Crippen molar-refractivity contribution in [3.8, 4) is 11.3 Å². The van der Waals surface area contributed by atoms with E-state index >= 15 is 0 Å². The molecule has 1 aromatic heterocycles. The molecule has 0 aliphatic carbocycles. The molecule has 136 valence electrons. The molecule has 0 atom stereocenters. The standard InChI is InChI=1S/C22H22N4O/c1-14-7-8-16(11-15(14)2)9-10-23-22-24-13-17-12-20(27)25-19-6-4-3-5-18(19)21(17)26-22/h3-8,11,13H,9-10,12H2,1-2H3,(H,25,27)(H,23,24,26). The molecule has 0 radical (unpaired) electrons. The van der Waals surface area contributed by atoms with Gasteiger partial charge < -0.3 is 10.6 Å². The zero-order chi connectivity index (χ0) is 18.8. The van der Waals surface area contributed by atoms with Crippen LogP contribution in [0.25, 0.3) is 11.3 Å². The first kappa shape index (κ1) is 17.2. The highest BCUT2D eigenvalue weighted by Crippen LogP contribution is 2.32. The minimum Gasteiger partial charge on any atom is -0.354 e. The number of nitrogens with zero attached hydrogens (tertiary/aromatic N) is 2. The fourth-order valence-electron chi connectivity index (χ4n) is 3.30. The minimum absolute atomic E-state index is 0.0414. The van der Waals surface area contributed by atoms with Crippen molar-refractivity contribution in [1.82, 2.24) is 9.97 Å². The predicted molar refractivity (Wildman–Crippen MR) is 108 cm³/mol. The number of para-hydroxylation sites is 1. The zero-order valence-corrected chi connectivity index (χ0v) is 15.5. The van der Waals surface area contributed by atoms with Crippen LogP contribution in [-0.2, 0) is 17.6 Å². The Morgan fingerprint density at radius 2 is 1.96 bits per heavy atom. The van der Waals surface area contributed by atoms with E-state index in [1.165, 1.54) is 16.7 Å². The van der Waals surface area contributed by atoms with Crippen LogP contribution in [-0.4, -0.2) is 22.4 Å². The molecular formula is C22H22N4O. The lowest BCUT2D eigenvalue weighted by Crippen LogP contribution is -2.13. The number of hydrogen-bond donors (Lipinski definition) is 2. The molecule has 1 aliphatic heterocycles. The van der Waals surface area contributed by atoms with E-state index in [2.05, 4.69) is 47.7 Å². The van der Waals surface area contributed by atoms with Gasteiger partial charge >= 0.3 is 0 Å². The van der Waals surface area contributed by atoms with Crippen molar-refractivity contribution in [1.29, 1.82) is 0 Å². The Hall–Kier alpha value is -3.21. The third-order valence-electron chi connectivity index (χ3n) is 4.94. The van der Waals surface area contributed by atoms with Gasteiger partial charge in [-0.15, -0.1) is 0 Å². The molecule has 1 amide bonds. The fraction of sp³-hybridized carbons (Fsp3) is 0.227. The topological polar surface area (TPSA) is 66.9 Å². The van der Waals surface area contributed by atoms with E-state index in [1.807, 2.05) is 24.3 Å². The summed E-state index contributed by atoms with van der Waals surface area (Å²) in [5.74, 6) is 0.544. The Morgan fingerprint density at radius 1 is 1.11 bits per heavy atom. The number of benzene rings is 2. The predicted octanol–water partition coefficient (Wildman–Crippen LogP) is 3.91. The minimum atomic E-state index is -0.0414. The van der Waals surface area contributed by atoms with Crippen molar-refractivity contribution in [2.45, 2.75) is 26.7 Å². The van der Waals surface area contributed by atoms with E-state index in [1.54, 1.807) is 6.20 Å². The molecule has 5 nitrogen and oxygen atoms in total. The average molecular weight is 358 g/mol. The van der Waals surface area contributed by atoms with Gasteiger partial charge in [0.25, 0.3) is 0 Å². The summed E-state index contributed by atoms with van der Waals surface area (Å²) in [6.07, 6.45) is 2.94. The van der Waals surface area contributed by atoms with Crippen LogP contribution in [0.3, 0.4) is 0 Å². The molecule has 4 rings (SSSR count). The van der Waals surface area contributed by atoms with Gasteiger partial charge in [-0.1, -0.05) is 36.4 Å². The maximum Gasteiger partial charge on any atom is 0.228 e. The van der Waals surface area contributed by atoms with Gasteiger partial charge in [0.05, 0.1) is 17.8 Å². The number of carbonyl (C=O) groups is 1. The summed E-state index contributed by atoms with van der Waals surface area (Å²) >= 11 is 0. The Bertz CT molecular complexity index is 1010. The third-order valence-corrected chi connectivity index (χ3v) is 4.94. The van der Waals surface area contributed by atoms with Crippen LogP contribution in [0, 0.1) is 13.8 Å². The van der Waals surface area contributed by atoms with Gasteiger partial charge in [0, 0.05) is 23.9 Å². The lowest BCUT2D eigenvalue weighted by atomic mass is 10.0. The van der Waals surface area contributed by atoms with Crippen LogP contribution in [0.5, 0.6) is 0 Å². The third kappa shape index (κ3) is 3.67.